The minimum atomic E-state index is -0.833. The largest absolute Gasteiger partial charge is 0.462 e. The van der Waals surface area contributed by atoms with Gasteiger partial charge in [0, 0.05) is 19.3 Å². The molecule has 0 bridgehead atoms. The zero-order valence-electron chi connectivity index (χ0n) is 53.1. The summed E-state index contributed by atoms with van der Waals surface area (Å²) in [6, 6.07) is 0. The number of allylic oxidation sites excluding steroid dienone is 30. The third-order valence-electron chi connectivity index (χ3n) is 13.4. The Bertz CT molecular complexity index is 1940. The average molecular weight is 1140 g/mol. The van der Waals surface area contributed by atoms with E-state index in [2.05, 4.69) is 203 Å². The lowest BCUT2D eigenvalue weighted by molar-refractivity contribution is -0.167. The van der Waals surface area contributed by atoms with Crippen LogP contribution in [0.4, 0.5) is 0 Å². The first kappa shape index (κ1) is 77.5. The zero-order chi connectivity index (χ0) is 59.9. The quantitative estimate of drug-likeness (QED) is 0.0261. The highest BCUT2D eigenvalue weighted by molar-refractivity contribution is 5.71. The van der Waals surface area contributed by atoms with Gasteiger partial charge in [-0.05, 0) is 154 Å². The topological polar surface area (TPSA) is 78.9 Å². The number of hydrogen-bond acceptors (Lipinski definition) is 6. The monoisotopic (exact) mass is 1140 g/mol. The molecule has 0 aliphatic rings. The van der Waals surface area contributed by atoms with E-state index in [0.717, 1.165) is 128 Å². The van der Waals surface area contributed by atoms with Crippen LogP contribution in [-0.2, 0) is 28.6 Å². The van der Waals surface area contributed by atoms with Gasteiger partial charge in [0.05, 0.1) is 0 Å². The average Bonchev–Trinajstić information content (AvgIpc) is 3.49. The Morgan fingerprint density at radius 1 is 0.253 bits per heavy atom. The van der Waals surface area contributed by atoms with Crippen LogP contribution in [0.25, 0.3) is 0 Å². The molecule has 83 heavy (non-hydrogen) atoms. The fourth-order valence-corrected chi connectivity index (χ4v) is 8.46. The Balaban J connectivity index is 4.53. The maximum atomic E-state index is 12.9. The lowest BCUT2D eigenvalue weighted by atomic mass is 10.1. The molecule has 0 aromatic rings. The van der Waals surface area contributed by atoms with Crippen molar-refractivity contribution in [2.45, 2.75) is 271 Å². The van der Waals surface area contributed by atoms with Crippen LogP contribution in [0.2, 0.25) is 0 Å². The molecule has 464 valence electrons. The molecule has 6 nitrogen and oxygen atoms in total. The Kier molecular flexibility index (Phi) is 64.4. The van der Waals surface area contributed by atoms with Crippen molar-refractivity contribution in [2.24, 2.45) is 0 Å². The third-order valence-corrected chi connectivity index (χ3v) is 13.4. The fraction of sp³-hybridized carbons (Fsp3) is 0.571. The minimum absolute atomic E-state index is 0.128. The highest BCUT2D eigenvalue weighted by Gasteiger charge is 2.19. The van der Waals surface area contributed by atoms with Gasteiger partial charge >= 0.3 is 17.9 Å². The van der Waals surface area contributed by atoms with Gasteiger partial charge in [-0.25, -0.2) is 0 Å². The van der Waals surface area contributed by atoms with Gasteiger partial charge in [0.15, 0.2) is 6.10 Å². The maximum absolute atomic E-state index is 12.9. The summed E-state index contributed by atoms with van der Waals surface area (Å²) in [5.41, 5.74) is 0. The second-order valence-corrected chi connectivity index (χ2v) is 21.3. The molecule has 0 amide bonds. The fourth-order valence-electron chi connectivity index (χ4n) is 8.46. The molecule has 0 saturated carbocycles. The summed E-state index contributed by atoms with van der Waals surface area (Å²) in [6.07, 6.45) is 103. The molecule has 0 N–H and O–H groups in total. The summed E-state index contributed by atoms with van der Waals surface area (Å²) in [5.74, 6) is -1.04. The molecule has 0 saturated heterocycles. The number of ether oxygens (including phenoxy) is 3. The number of hydrogen-bond donors (Lipinski definition) is 0. The highest BCUT2D eigenvalue weighted by Crippen LogP contribution is 2.14. The van der Waals surface area contributed by atoms with Crippen molar-refractivity contribution in [3.8, 4) is 0 Å². The Morgan fingerprint density at radius 3 is 0.807 bits per heavy atom. The van der Waals surface area contributed by atoms with Crippen molar-refractivity contribution in [1.29, 1.82) is 0 Å². The zero-order valence-corrected chi connectivity index (χ0v) is 53.1. The first-order valence-electron chi connectivity index (χ1n) is 33.3. The highest BCUT2D eigenvalue weighted by atomic mass is 16.6. The normalized spacial score (nSPS) is 13.3. The van der Waals surface area contributed by atoms with E-state index >= 15 is 0 Å². The lowest BCUT2D eigenvalue weighted by Crippen LogP contribution is -2.30. The standard InChI is InChI=1S/C77H120O6/c1-4-7-10-13-16-19-22-25-28-30-32-34-35-36-37-38-39-40-41-43-44-46-49-52-55-58-61-64-67-70-76(79)82-73-74(72-81-75(78)69-66-63-60-57-54-51-48-27-24-21-18-15-12-9-6-3)83-77(80)71-68-65-62-59-56-53-50-47-45-42-33-31-29-26-23-20-17-14-11-8-5-2/h7,9-10,12,16,18-19,21,23,25-28,31-34,36-37,39-40,43-44,48-49,52,54,57-58,61,74H,4-6,8,11,13-15,17,20,22,24,29-30,35,38,41-42,45-47,50-51,53,55-56,59-60,62-73H2,1-3H3/b10-7-,12-9-,19-16-,21-18-,26-23-,28-25-,33-31-,34-32-,37-36-,40-39-,44-43-,48-27-,52-49-,57-54-,61-58-. The van der Waals surface area contributed by atoms with Crippen LogP contribution in [0.5, 0.6) is 0 Å². The van der Waals surface area contributed by atoms with E-state index in [4.69, 9.17) is 14.2 Å². The molecule has 0 spiro atoms. The van der Waals surface area contributed by atoms with Crippen LogP contribution in [0.3, 0.4) is 0 Å². The first-order valence-corrected chi connectivity index (χ1v) is 33.3. The summed E-state index contributed by atoms with van der Waals surface area (Å²) in [7, 11) is 0. The van der Waals surface area contributed by atoms with Gasteiger partial charge in [0.25, 0.3) is 0 Å². The van der Waals surface area contributed by atoms with Crippen LogP contribution in [0, 0.1) is 0 Å². The van der Waals surface area contributed by atoms with Gasteiger partial charge < -0.3 is 14.2 Å². The molecular weight excluding hydrogens is 1020 g/mol. The SMILES string of the molecule is CC/C=C\C/C=C\C/C=C\C/C=C\C/C=C\C/C=C\C/C=C\C/C=C\C/C=C\CCCC(=O)OCC(COC(=O)CCCC/C=C\C/C=C\C/C=C\C/C=C\CC)OC(=O)CCCCCCCCCCC/C=C\C/C=C\CCCCCCC. The van der Waals surface area contributed by atoms with Crippen LogP contribution < -0.4 is 0 Å². The van der Waals surface area contributed by atoms with Crippen LogP contribution in [0.1, 0.15) is 265 Å². The molecule has 1 unspecified atom stereocenters. The van der Waals surface area contributed by atoms with Crippen molar-refractivity contribution >= 4 is 17.9 Å². The number of esters is 3. The molecule has 0 aliphatic carbocycles. The number of rotatable bonds is 58. The van der Waals surface area contributed by atoms with Crippen molar-refractivity contribution in [3.63, 3.8) is 0 Å². The summed E-state index contributed by atoms with van der Waals surface area (Å²) >= 11 is 0. The van der Waals surface area contributed by atoms with Crippen molar-refractivity contribution < 1.29 is 28.6 Å². The molecule has 0 rings (SSSR count). The molecule has 0 aliphatic heterocycles. The van der Waals surface area contributed by atoms with Gasteiger partial charge in [0.2, 0.25) is 0 Å². The molecule has 1 atom stereocenters. The van der Waals surface area contributed by atoms with Crippen molar-refractivity contribution in [1.82, 2.24) is 0 Å². The first-order chi connectivity index (χ1) is 41.0. The summed E-state index contributed by atoms with van der Waals surface area (Å²) < 4.78 is 16.8. The second kappa shape index (κ2) is 69.0. The van der Waals surface area contributed by atoms with Gasteiger partial charge in [-0.3, -0.25) is 14.4 Å². The van der Waals surface area contributed by atoms with E-state index in [-0.39, 0.29) is 44.0 Å². The molecular formula is C77H120O6. The number of unbranched alkanes of at least 4 members (excludes halogenated alkanes) is 17. The number of carbonyl (C=O) groups is 3. The molecule has 0 heterocycles. The Morgan fingerprint density at radius 2 is 0.482 bits per heavy atom. The Hall–Kier alpha value is -5.49. The van der Waals surface area contributed by atoms with Crippen LogP contribution >= 0.6 is 0 Å². The van der Waals surface area contributed by atoms with Crippen molar-refractivity contribution in [2.75, 3.05) is 13.2 Å². The van der Waals surface area contributed by atoms with E-state index in [1.54, 1.807) is 0 Å². The summed E-state index contributed by atoms with van der Waals surface area (Å²) in [4.78, 5) is 38.3. The maximum Gasteiger partial charge on any atom is 0.306 e. The molecule has 0 fully saturated rings. The lowest BCUT2D eigenvalue weighted by Gasteiger charge is -2.18. The summed E-state index contributed by atoms with van der Waals surface area (Å²) in [5, 5.41) is 0. The predicted molar refractivity (Wildman–Crippen MR) is 361 cm³/mol. The number of carbonyl (C=O) groups excluding carboxylic acids is 3. The molecule has 0 aromatic carbocycles. The van der Waals surface area contributed by atoms with Crippen LogP contribution in [-0.4, -0.2) is 37.2 Å². The Labute approximate surface area is 510 Å². The molecule has 0 radical (unpaired) electrons. The van der Waals surface area contributed by atoms with Crippen molar-refractivity contribution in [3.05, 3.63) is 182 Å². The van der Waals surface area contributed by atoms with Gasteiger partial charge in [-0.1, -0.05) is 274 Å². The van der Waals surface area contributed by atoms with E-state index in [0.29, 0.717) is 19.3 Å². The smallest absolute Gasteiger partial charge is 0.306 e. The summed E-state index contributed by atoms with van der Waals surface area (Å²) in [6.45, 7) is 6.31. The molecule has 0 aromatic heterocycles. The third kappa shape index (κ3) is 67.2. The van der Waals surface area contributed by atoms with Gasteiger partial charge in [-0.15, -0.1) is 0 Å². The predicted octanol–water partition coefficient (Wildman–Crippen LogP) is 23.2. The van der Waals surface area contributed by atoms with E-state index < -0.39 is 6.10 Å². The van der Waals surface area contributed by atoms with E-state index in [9.17, 15) is 14.4 Å². The van der Waals surface area contributed by atoms with E-state index in [1.165, 1.54) is 83.5 Å². The van der Waals surface area contributed by atoms with Gasteiger partial charge in [-0.2, -0.15) is 0 Å². The minimum Gasteiger partial charge on any atom is -0.462 e. The molecule has 6 heteroatoms. The van der Waals surface area contributed by atoms with Crippen LogP contribution in [0.15, 0.2) is 182 Å². The second-order valence-electron chi connectivity index (χ2n) is 21.3. The van der Waals surface area contributed by atoms with E-state index in [1.807, 2.05) is 0 Å². The van der Waals surface area contributed by atoms with Gasteiger partial charge in [0.1, 0.15) is 13.2 Å².